The first-order valence-corrected chi connectivity index (χ1v) is 5.16. The number of amides is 1. The molecule has 82 valence electrons. The highest BCUT2D eigenvalue weighted by atomic mass is 16.1. The Labute approximate surface area is 88.8 Å². The molecule has 2 unspecified atom stereocenters. The standard InChI is InChI=1S/C10H16N4O/c1-7(8-4-12-14(2)6-8)13-9-3-10(15)11-5-9/h4,6-7,9,13H,3,5H2,1-2H3,(H,11,15). The zero-order valence-electron chi connectivity index (χ0n) is 9.03. The minimum absolute atomic E-state index is 0.130. The monoisotopic (exact) mass is 208 g/mol. The van der Waals surface area contributed by atoms with Gasteiger partial charge in [-0.05, 0) is 6.92 Å². The van der Waals surface area contributed by atoms with Crippen LogP contribution in [0.25, 0.3) is 0 Å². The molecule has 1 fully saturated rings. The molecule has 15 heavy (non-hydrogen) atoms. The van der Waals surface area contributed by atoms with E-state index in [2.05, 4.69) is 22.7 Å². The number of rotatable bonds is 3. The van der Waals surface area contributed by atoms with Crippen LogP contribution in [0.5, 0.6) is 0 Å². The van der Waals surface area contributed by atoms with Gasteiger partial charge in [0.2, 0.25) is 5.91 Å². The Kier molecular flexibility index (Phi) is 2.73. The molecule has 2 N–H and O–H groups in total. The molecule has 0 saturated carbocycles. The maximum atomic E-state index is 11.0. The minimum atomic E-state index is 0.130. The average molecular weight is 208 g/mol. The molecule has 2 atom stereocenters. The molecular formula is C10H16N4O. The van der Waals surface area contributed by atoms with Crippen molar-refractivity contribution in [3.63, 3.8) is 0 Å². The molecule has 1 aromatic heterocycles. The fourth-order valence-corrected chi connectivity index (χ4v) is 1.84. The Morgan fingerprint density at radius 1 is 1.73 bits per heavy atom. The van der Waals surface area contributed by atoms with E-state index >= 15 is 0 Å². The van der Waals surface area contributed by atoms with Crippen molar-refractivity contribution in [2.75, 3.05) is 6.54 Å². The second-order valence-electron chi connectivity index (χ2n) is 4.04. The number of carbonyl (C=O) groups excluding carboxylic acids is 1. The van der Waals surface area contributed by atoms with Crippen molar-refractivity contribution < 1.29 is 4.79 Å². The van der Waals surface area contributed by atoms with Crippen LogP contribution in [-0.4, -0.2) is 28.3 Å². The van der Waals surface area contributed by atoms with Crippen molar-refractivity contribution in [1.82, 2.24) is 20.4 Å². The summed E-state index contributed by atoms with van der Waals surface area (Å²) < 4.78 is 1.78. The largest absolute Gasteiger partial charge is 0.354 e. The van der Waals surface area contributed by atoms with Gasteiger partial charge in [-0.2, -0.15) is 5.10 Å². The van der Waals surface area contributed by atoms with Crippen LogP contribution in [0.3, 0.4) is 0 Å². The van der Waals surface area contributed by atoms with Crippen molar-refractivity contribution in [2.24, 2.45) is 7.05 Å². The fourth-order valence-electron chi connectivity index (χ4n) is 1.84. The van der Waals surface area contributed by atoms with Crippen LogP contribution in [0.1, 0.15) is 24.9 Å². The summed E-state index contributed by atoms with van der Waals surface area (Å²) in [5.41, 5.74) is 1.15. The van der Waals surface area contributed by atoms with Gasteiger partial charge in [-0.3, -0.25) is 9.48 Å². The molecule has 1 aliphatic rings. The Hall–Kier alpha value is -1.36. The lowest BCUT2D eigenvalue weighted by molar-refractivity contribution is -0.119. The first-order chi connectivity index (χ1) is 7.15. The third-order valence-corrected chi connectivity index (χ3v) is 2.69. The molecule has 5 heteroatoms. The second-order valence-corrected chi connectivity index (χ2v) is 4.04. The van der Waals surface area contributed by atoms with Crippen molar-refractivity contribution in [1.29, 1.82) is 0 Å². The smallest absolute Gasteiger partial charge is 0.221 e. The van der Waals surface area contributed by atoms with Gasteiger partial charge < -0.3 is 10.6 Å². The van der Waals surface area contributed by atoms with Gasteiger partial charge in [0.25, 0.3) is 0 Å². The number of hydrogen-bond donors (Lipinski definition) is 2. The van der Waals surface area contributed by atoms with E-state index in [-0.39, 0.29) is 18.0 Å². The molecule has 1 aliphatic heterocycles. The Balaban J connectivity index is 1.92. The summed E-state index contributed by atoms with van der Waals surface area (Å²) in [4.78, 5) is 11.0. The molecule has 2 heterocycles. The lowest BCUT2D eigenvalue weighted by Gasteiger charge is -2.16. The van der Waals surface area contributed by atoms with E-state index in [1.54, 1.807) is 4.68 Å². The first-order valence-electron chi connectivity index (χ1n) is 5.16. The number of aryl methyl sites for hydroxylation is 1. The summed E-state index contributed by atoms with van der Waals surface area (Å²) in [6, 6.07) is 0.476. The lowest BCUT2D eigenvalue weighted by Crippen LogP contribution is -2.33. The van der Waals surface area contributed by atoms with Gasteiger partial charge in [0.15, 0.2) is 0 Å². The van der Waals surface area contributed by atoms with Crippen LogP contribution < -0.4 is 10.6 Å². The summed E-state index contributed by atoms with van der Waals surface area (Å²) in [6.07, 6.45) is 4.41. The van der Waals surface area contributed by atoms with Crippen molar-refractivity contribution >= 4 is 5.91 Å². The molecule has 1 aromatic rings. The number of carbonyl (C=O) groups is 1. The Bertz CT molecular complexity index is 360. The van der Waals surface area contributed by atoms with Gasteiger partial charge in [0.05, 0.1) is 6.20 Å². The van der Waals surface area contributed by atoms with Crippen LogP contribution >= 0.6 is 0 Å². The molecule has 5 nitrogen and oxygen atoms in total. The highest BCUT2D eigenvalue weighted by Gasteiger charge is 2.23. The minimum Gasteiger partial charge on any atom is -0.354 e. The van der Waals surface area contributed by atoms with E-state index in [1.165, 1.54) is 0 Å². The van der Waals surface area contributed by atoms with Gasteiger partial charge in [-0.15, -0.1) is 0 Å². The number of hydrogen-bond acceptors (Lipinski definition) is 3. The lowest BCUT2D eigenvalue weighted by atomic mass is 10.1. The molecule has 0 bridgehead atoms. The third kappa shape index (κ3) is 2.36. The van der Waals surface area contributed by atoms with Crippen molar-refractivity contribution in [2.45, 2.75) is 25.4 Å². The summed E-state index contributed by atoms with van der Waals surface area (Å²) in [5, 5.41) is 10.3. The summed E-state index contributed by atoms with van der Waals surface area (Å²) in [5.74, 6) is 0.130. The van der Waals surface area contributed by atoms with Crippen molar-refractivity contribution in [3.8, 4) is 0 Å². The molecule has 1 amide bonds. The number of nitrogens with one attached hydrogen (secondary N) is 2. The van der Waals surface area contributed by atoms with Gasteiger partial charge in [0, 0.05) is 43.9 Å². The summed E-state index contributed by atoms with van der Waals surface area (Å²) in [6.45, 7) is 2.81. The van der Waals surface area contributed by atoms with Crippen LogP contribution in [0.4, 0.5) is 0 Å². The Morgan fingerprint density at radius 3 is 3.07 bits per heavy atom. The number of nitrogens with zero attached hydrogens (tertiary/aromatic N) is 2. The van der Waals surface area contributed by atoms with E-state index < -0.39 is 0 Å². The maximum Gasteiger partial charge on any atom is 0.221 e. The van der Waals surface area contributed by atoms with E-state index in [4.69, 9.17) is 0 Å². The first kappa shape index (κ1) is 10.2. The number of aromatic nitrogens is 2. The second kappa shape index (κ2) is 4.02. The third-order valence-electron chi connectivity index (χ3n) is 2.69. The molecule has 0 spiro atoms. The van der Waals surface area contributed by atoms with Gasteiger partial charge in [-0.1, -0.05) is 0 Å². The predicted octanol–water partition coefficient (Wildman–Crippen LogP) is -0.0408. The van der Waals surface area contributed by atoms with E-state index in [0.29, 0.717) is 6.42 Å². The van der Waals surface area contributed by atoms with Crippen LogP contribution in [-0.2, 0) is 11.8 Å². The fraction of sp³-hybridized carbons (Fsp3) is 0.600. The van der Waals surface area contributed by atoms with Gasteiger partial charge in [0.1, 0.15) is 0 Å². The Morgan fingerprint density at radius 2 is 2.53 bits per heavy atom. The zero-order chi connectivity index (χ0) is 10.8. The maximum absolute atomic E-state index is 11.0. The van der Waals surface area contributed by atoms with Gasteiger partial charge in [-0.25, -0.2) is 0 Å². The molecule has 0 radical (unpaired) electrons. The molecular weight excluding hydrogens is 192 g/mol. The van der Waals surface area contributed by atoms with E-state index in [9.17, 15) is 4.79 Å². The molecule has 1 saturated heterocycles. The van der Waals surface area contributed by atoms with Crippen LogP contribution in [0.2, 0.25) is 0 Å². The SMILES string of the molecule is CC(NC1CNC(=O)C1)c1cnn(C)c1. The highest BCUT2D eigenvalue weighted by Crippen LogP contribution is 2.13. The molecule has 2 rings (SSSR count). The van der Waals surface area contributed by atoms with Crippen LogP contribution in [0, 0.1) is 0 Å². The van der Waals surface area contributed by atoms with Crippen LogP contribution in [0.15, 0.2) is 12.4 Å². The normalized spacial score (nSPS) is 22.8. The molecule has 0 aliphatic carbocycles. The molecule has 0 aromatic carbocycles. The zero-order valence-corrected chi connectivity index (χ0v) is 9.03. The average Bonchev–Trinajstić information content (AvgIpc) is 2.75. The quantitative estimate of drug-likeness (QED) is 0.732. The summed E-state index contributed by atoms with van der Waals surface area (Å²) >= 11 is 0. The van der Waals surface area contributed by atoms with E-state index in [0.717, 1.165) is 12.1 Å². The van der Waals surface area contributed by atoms with E-state index in [1.807, 2.05) is 19.4 Å². The summed E-state index contributed by atoms with van der Waals surface area (Å²) in [7, 11) is 1.90. The van der Waals surface area contributed by atoms with Gasteiger partial charge >= 0.3 is 0 Å². The highest BCUT2D eigenvalue weighted by molar-refractivity contribution is 5.78. The predicted molar refractivity (Wildman–Crippen MR) is 56.2 cm³/mol. The topological polar surface area (TPSA) is 58.9 Å². The van der Waals surface area contributed by atoms with Crippen molar-refractivity contribution in [3.05, 3.63) is 18.0 Å².